The maximum absolute atomic E-state index is 5.73. The summed E-state index contributed by atoms with van der Waals surface area (Å²) >= 11 is 1.76. The zero-order chi connectivity index (χ0) is 12.8. The minimum atomic E-state index is 0.442. The van der Waals surface area contributed by atoms with Crippen LogP contribution in [0.15, 0.2) is 11.6 Å². The molecule has 1 atom stereocenters. The van der Waals surface area contributed by atoms with Gasteiger partial charge in [0.25, 0.3) is 0 Å². The standard InChI is InChI=1S/C14H25N3S/c1-2-13(14-16-7-8-18-14)17-10-12-5-3-11(9-15)4-6-12/h7-8,11-13,17H,2-6,9-10,15H2,1H3. The van der Waals surface area contributed by atoms with E-state index in [4.69, 9.17) is 5.73 Å². The van der Waals surface area contributed by atoms with Crippen LogP contribution in [-0.4, -0.2) is 18.1 Å². The molecule has 2 rings (SSSR count). The molecule has 1 aliphatic rings. The van der Waals surface area contributed by atoms with E-state index in [-0.39, 0.29) is 0 Å². The number of rotatable bonds is 6. The van der Waals surface area contributed by atoms with Crippen LogP contribution < -0.4 is 11.1 Å². The lowest BCUT2D eigenvalue weighted by molar-refractivity contribution is 0.264. The van der Waals surface area contributed by atoms with E-state index in [1.807, 2.05) is 6.20 Å². The van der Waals surface area contributed by atoms with Crippen molar-refractivity contribution in [3.8, 4) is 0 Å². The Kier molecular flexibility index (Phi) is 5.60. The van der Waals surface area contributed by atoms with Crippen LogP contribution in [0.3, 0.4) is 0 Å². The lowest BCUT2D eigenvalue weighted by atomic mass is 9.82. The normalized spacial score (nSPS) is 26.1. The van der Waals surface area contributed by atoms with Gasteiger partial charge in [0.2, 0.25) is 0 Å². The van der Waals surface area contributed by atoms with Crippen molar-refractivity contribution in [3.63, 3.8) is 0 Å². The summed E-state index contributed by atoms with van der Waals surface area (Å²) in [6.45, 7) is 4.23. The number of thiazole rings is 1. The Morgan fingerprint density at radius 2 is 2.11 bits per heavy atom. The number of hydrogen-bond donors (Lipinski definition) is 2. The highest BCUT2D eigenvalue weighted by atomic mass is 32.1. The molecule has 1 saturated carbocycles. The molecule has 18 heavy (non-hydrogen) atoms. The van der Waals surface area contributed by atoms with Crippen molar-refractivity contribution in [2.75, 3.05) is 13.1 Å². The molecule has 0 aliphatic heterocycles. The Labute approximate surface area is 114 Å². The van der Waals surface area contributed by atoms with Gasteiger partial charge in [-0.1, -0.05) is 6.92 Å². The van der Waals surface area contributed by atoms with Gasteiger partial charge in [-0.25, -0.2) is 4.98 Å². The van der Waals surface area contributed by atoms with Crippen molar-refractivity contribution in [2.24, 2.45) is 17.6 Å². The molecule has 0 amide bonds. The number of nitrogens with one attached hydrogen (secondary N) is 1. The largest absolute Gasteiger partial charge is 0.330 e. The molecule has 1 fully saturated rings. The number of aromatic nitrogens is 1. The number of hydrogen-bond acceptors (Lipinski definition) is 4. The molecule has 0 radical (unpaired) electrons. The summed E-state index contributed by atoms with van der Waals surface area (Å²) in [5.41, 5.74) is 5.73. The molecule has 4 heteroatoms. The molecule has 1 unspecified atom stereocenters. The van der Waals surface area contributed by atoms with E-state index in [9.17, 15) is 0 Å². The van der Waals surface area contributed by atoms with Gasteiger partial charge in [-0.2, -0.15) is 0 Å². The highest BCUT2D eigenvalue weighted by Gasteiger charge is 2.21. The smallest absolute Gasteiger partial charge is 0.109 e. The molecule has 0 spiro atoms. The first kappa shape index (κ1) is 14.0. The Morgan fingerprint density at radius 3 is 2.67 bits per heavy atom. The second-order valence-electron chi connectivity index (χ2n) is 5.36. The zero-order valence-electron chi connectivity index (χ0n) is 11.3. The zero-order valence-corrected chi connectivity index (χ0v) is 12.1. The van der Waals surface area contributed by atoms with Crippen LogP contribution in [0, 0.1) is 11.8 Å². The van der Waals surface area contributed by atoms with Gasteiger partial charge in [0.1, 0.15) is 5.01 Å². The molecule has 1 heterocycles. The SMILES string of the molecule is CCC(NCC1CCC(CN)CC1)c1nccs1. The molecule has 3 nitrogen and oxygen atoms in total. The molecule has 1 aromatic heterocycles. The number of nitrogens with zero attached hydrogens (tertiary/aromatic N) is 1. The maximum Gasteiger partial charge on any atom is 0.109 e. The van der Waals surface area contributed by atoms with E-state index in [0.717, 1.165) is 31.3 Å². The van der Waals surface area contributed by atoms with Crippen LogP contribution in [0.1, 0.15) is 50.1 Å². The van der Waals surface area contributed by atoms with E-state index >= 15 is 0 Å². The first-order valence-electron chi connectivity index (χ1n) is 7.16. The summed E-state index contributed by atoms with van der Waals surface area (Å²) in [7, 11) is 0. The second kappa shape index (κ2) is 7.22. The minimum absolute atomic E-state index is 0.442. The van der Waals surface area contributed by atoms with Crippen molar-refractivity contribution < 1.29 is 0 Å². The molecule has 1 aliphatic carbocycles. The van der Waals surface area contributed by atoms with Gasteiger partial charge >= 0.3 is 0 Å². The fourth-order valence-corrected chi connectivity index (χ4v) is 3.59. The van der Waals surface area contributed by atoms with Crippen LogP contribution >= 0.6 is 11.3 Å². The van der Waals surface area contributed by atoms with Gasteiger partial charge < -0.3 is 11.1 Å². The van der Waals surface area contributed by atoms with Crippen LogP contribution in [-0.2, 0) is 0 Å². The van der Waals surface area contributed by atoms with Gasteiger partial charge in [0.05, 0.1) is 6.04 Å². The lowest BCUT2D eigenvalue weighted by Gasteiger charge is -2.29. The molecular formula is C14H25N3S. The first-order chi connectivity index (χ1) is 8.83. The Hall–Kier alpha value is -0.450. The predicted octanol–water partition coefficient (Wildman–Crippen LogP) is 2.95. The Balaban J connectivity index is 1.74. The van der Waals surface area contributed by atoms with E-state index in [1.165, 1.54) is 30.7 Å². The Bertz CT molecular complexity index is 318. The quantitative estimate of drug-likeness (QED) is 0.833. The van der Waals surface area contributed by atoms with Gasteiger partial charge in [-0.05, 0) is 57.0 Å². The lowest BCUT2D eigenvalue weighted by Crippen LogP contribution is -2.30. The fourth-order valence-electron chi connectivity index (χ4n) is 2.79. The summed E-state index contributed by atoms with van der Waals surface area (Å²) in [5.74, 6) is 1.61. The highest BCUT2D eigenvalue weighted by Crippen LogP contribution is 2.28. The summed E-state index contributed by atoms with van der Waals surface area (Å²) in [6.07, 6.45) is 8.32. The molecule has 1 aromatic rings. The predicted molar refractivity (Wildman–Crippen MR) is 77.7 cm³/mol. The fraction of sp³-hybridized carbons (Fsp3) is 0.786. The van der Waals surface area contributed by atoms with E-state index in [2.05, 4.69) is 22.6 Å². The highest BCUT2D eigenvalue weighted by molar-refractivity contribution is 7.09. The summed E-state index contributed by atoms with van der Waals surface area (Å²) in [4.78, 5) is 4.42. The van der Waals surface area contributed by atoms with Crippen molar-refractivity contribution in [2.45, 2.75) is 45.1 Å². The van der Waals surface area contributed by atoms with Gasteiger partial charge in [0, 0.05) is 11.6 Å². The van der Waals surface area contributed by atoms with Crippen LogP contribution in [0.5, 0.6) is 0 Å². The molecule has 0 aromatic carbocycles. The van der Waals surface area contributed by atoms with E-state index < -0.39 is 0 Å². The molecular weight excluding hydrogens is 242 g/mol. The summed E-state index contributed by atoms with van der Waals surface area (Å²) in [5, 5.41) is 6.98. The third-order valence-electron chi connectivity index (χ3n) is 4.11. The Morgan fingerprint density at radius 1 is 1.39 bits per heavy atom. The van der Waals surface area contributed by atoms with E-state index in [0.29, 0.717) is 6.04 Å². The average molecular weight is 267 g/mol. The van der Waals surface area contributed by atoms with Crippen molar-refractivity contribution in [1.82, 2.24) is 10.3 Å². The molecule has 0 saturated heterocycles. The van der Waals surface area contributed by atoms with Gasteiger partial charge in [-0.15, -0.1) is 11.3 Å². The van der Waals surface area contributed by atoms with Crippen LogP contribution in [0.25, 0.3) is 0 Å². The average Bonchev–Trinajstić information content (AvgIpc) is 2.94. The first-order valence-corrected chi connectivity index (χ1v) is 8.04. The van der Waals surface area contributed by atoms with Crippen LogP contribution in [0.2, 0.25) is 0 Å². The van der Waals surface area contributed by atoms with Crippen molar-refractivity contribution in [3.05, 3.63) is 16.6 Å². The topological polar surface area (TPSA) is 50.9 Å². The maximum atomic E-state index is 5.73. The third kappa shape index (κ3) is 3.77. The molecule has 3 N–H and O–H groups in total. The summed E-state index contributed by atoms with van der Waals surface area (Å²) < 4.78 is 0. The van der Waals surface area contributed by atoms with E-state index in [1.54, 1.807) is 11.3 Å². The minimum Gasteiger partial charge on any atom is -0.330 e. The molecule has 102 valence electrons. The van der Waals surface area contributed by atoms with Crippen molar-refractivity contribution in [1.29, 1.82) is 0 Å². The molecule has 0 bridgehead atoms. The number of nitrogens with two attached hydrogens (primary N) is 1. The van der Waals surface area contributed by atoms with Gasteiger partial charge in [0.15, 0.2) is 0 Å². The second-order valence-corrected chi connectivity index (χ2v) is 6.29. The van der Waals surface area contributed by atoms with Crippen LogP contribution in [0.4, 0.5) is 0 Å². The van der Waals surface area contributed by atoms with Crippen molar-refractivity contribution >= 4 is 11.3 Å². The van der Waals surface area contributed by atoms with Gasteiger partial charge in [-0.3, -0.25) is 0 Å². The third-order valence-corrected chi connectivity index (χ3v) is 5.00. The summed E-state index contributed by atoms with van der Waals surface area (Å²) in [6, 6.07) is 0.442. The monoisotopic (exact) mass is 267 g/mol.